The molecule has 6 rings (SSSR count). The lowest BCUT2D eigenvalue weighted by Crippen LogP contribution is -2.27. The highest BCUT2D eigenvalue weighted by atomic mass is 32.1. The number of rotatable bonds is 1. The zero-order chi connectivity index (χ0) is 28.1. The van der Waals surface area contributed by atoms with Crippen LogP contribution in [0.2, 0.25) is 0 Å². The van der Waals surface area contributed by atoms with Crippen molar-refractivity contribution < 1.29 is 4.79 Å². The minimum atomic E-state index is -0.0911. The molecule has 2 atom stereocenters. The summed E-state index contributed by atoms with van der Waals surface area (Å²) < 4.78 is 0. The zero-order valence-corrected chi connectivity index (χ0v) is 25.8. The van der Waals surface area contributed by atoms with Crippen LogP contribution in [0, 0.1) is 22.7 Å². The van der Waals surface area contributed by atoms with Crippen molar-refractivity contribution in [3.63, 3.8) is 0 Å². The average Bonchev–Trinajstić information content (AvgIpc) is 3.39. The molecule has 0 saturated heterocycles. The molecule has 4 aromatic heterocycles. The molecule has 0 saturated carbocycles. The van der Waals surface area contributed by atoms with Gasteiger partial charge in [-0.15, -0.1) is 0 Å². The first-order valence-electron chi connectivity index (χ1n) is 13.9. The number of carbonyl (C=O) groups is 1. The van der Waals surface area contributed by atoms with Crippen LogP contribution < -0.4 is 11.1 Å². The molecule has 3 N–H and O–H groups in total. The summed E-state index contributed by atoms with van der Waals surface area (Å²) in [5, 5.41) is 4.00. The molecule has 7 nitrogen and oxygen atoms in total. The number of nitrogens with zero attached hydrogens (tertiary/aromatic N) is 4. The monoisotopic (exact) mass is 564 g/mol. The second kappa shape index (κ2) is 10.4. The average molecular weight is 565 g/mol. The summed E-state index contributed by atoms with van der Waals surface area (Å²) in [4.78, 5) is 31.4. The number of aromatic nitrogens is 4. The number of hydrogen-bond donors (Lipinski definition) is 2. The number of amides is 1. The van der Waals surface area contributed by atoms with Gasteiger partial charge in [-0.05, 0) is 84.5 Å². The van der Waals surface area contributed by atoms with Gasteiger partial charge in [0.25, 0.3) is 0 Å². The van der Waals surface area contributed by atoms with Crippen molar-refractivity contribution >= 4 is 59.5 Å². The van der Waals surface area contributed by atoms with Crippen LogP contribution in [0.15, 0.2) is 12.1 Å². The first-order valence-corrected chi connectivity index (χ1v) is 15.5. The third-order valence-electron chi connectivity index (χ3n) is 8.25. The largest absolute Gasteiger partial charge is 0.375 e. The smallest absolute Gasteiger partial charge is 0.223 e. The topological polar surface area (TPSA) is 107 Å². The molecule has 2 aliphatic carbocycles. The number of thiazole rings is 2. The fourth-order valence-electron chi connectivity index (χ4n) is 5.72. The number of nitrogen functional groups attached to an aromatic ring is 1. The van der Waals surface area contributed by atoms with E-state index in [9.17, 15) is 4.79 Å². The maximum Gasteiger partial charge on any atom is 0.223 e. The molecule has 0 bridgehead atoms. The SMILES string of the molecule is CC(=O)Nc1nc2cc3c(nc2s1)CCC(C(C)(C)C)C3.CC(C)(C)C1CCc2nc3sc(N)nc3cc2C1. The Balaban J connectivity index is 0.000000160. The van der Waals surface area contributed by atoms with E-state index in [-0.39, 0.29) is 5.91 Å². The van der Waals surface area contributed by atoms with Gasteiger partial charge in [-0.1, -0.05) is 64.2 Å². The normalized spacial score (nSPS) is 19.3. The molecule has 0 fully saturated rings. The number of carbonyl (C=O) groups excluding carboxylic acids is 1. The van der Waals surface area contributed by atoms with Crippen LogP contribution in [0.25, 0.3) is 20.7 Å². The Hall–Kier alpha value is -2.65. The van der Waals surface area contributed by atoms with Gasteiger partial charge in [0.05, 0.1) is 0 Å². The molecule has 0 radical (unpaired) electrons. The standard InChI is InChI=1S/C16H21N3OS.C14H19N3S/c1-9(20)17-15-19-13-8-10-7-11(16(2,3)4)5-6-12(10)18-14(13)21-15;1-14(2,3)9-4-5-10-8(6-9)7-11-12(16-10)18-13(15)17-11/h8,11H,5-7H2,1-4H3,(H,17,19,20);7,9H,4-6H2,1-3H3,(H2,15,17). The van der Waals surface area contributed by atoms with Crippen molar-refractivity contribution in [1.82, 2.24) is 19.9 Å². The van der Waals surface area contributed by atoms with E-state index in [1.165, 1.54) is 65.0 Å². The summed E-state index contributed by atoms with van der Waals surface area (Å²) in [5.41, 5.74) is 13.5. The quantitative estimate of drug-likeness (QED) is 0.253. The van der Waals surface area contributed by atoms with Crippen LogP contribution in [-0.4, -0.2) is 25.8 Å². The summed E-state index contributed by atoms with van der Waals surface area (Å²) in [5.74, 6) is 1.34. The van der Waals surface area contributed by atoms with Crippen molar-refractivity contribution in [3.8, 4) is 0 Å². The number of hydrogen-bond acceptors (Lipinski definition) is 8. The van der Waals surface area contributed by atoms with Gasteiger partial charge < -0.3 is 11.1 Å². The lowest BCUT2D eigenvalue weighted by atomic mass is 9.71. The first-order chi connectivity index (χ1) is 18.3. The number of nitrogens with two attached hydrogens (primary N) is 1. The molecular formula is C30H40N6OS2. The molecule has 0 aromatic carbocycles. The summed E-state index contributed by atoms with van der Waals surface area (Å²) >= 11 is 2.94. The van der Waals surface area contributed by atoms with Gasteiger partial charge in [-0.2, -0.15) is 0 Å². The number of pyridine rings is 2. The molecule has 4 aromatic rings. The van der Waals surface area contributed by atoms with E-state index in [4.69, 9.17) is 15.7 Å². The fraction of sp³-hybridized carbons (Fsp3) is 0.567. The Bertz CT molecular complexity index is 1520. The van der Waals surface area contributed by atoms with Crippen LogP contribution in [0.1, 0.15) is 83.8 Å². The van der Waals surface area contributed by atoms with Crippen LogP contribution in [0.3, 0.4) is 0 Å². The molecule has 2 aliphatic rings. The minimum Gasteiger partial charge on any atom is -0.375 e. The molecule has 1 amide bonds. The van der Waals surface area contributed by atoms with E-state index < -0.39 is 0 Å². The Labute approximate surface area is 239 Å². The van der Waals surface area contributed by atoms with Gasteiger partial charge in [0.15, 0.2) is 10.3 Å². The van der Waals surface area contributed by atoms with Gasteiger partial charge in [0.1, 0.15) is 20.7 Å². The van der Waals surface area contributed by atoms with E-state index in [1.807, 2.05) is 0 Å². The summed E-state index contributed by atoms with van der Waals surface area (Å²) in [6, 6.07) is 4.36. The van der Waals surface area contributed by atoms with Crippen molar-refractivity contribution in [2.75, 3.05) is 11.1 Å². The Kier molecular flexibility index (Phi) is 7.44. The maximum absolute atomic E-state index is 11.1. The molecule has 4 heterocycles. The highest BCUT2D eigenvalue weighted by Gasteiger charge is 2.31. The number of nitrogens with one attached hydrogen (secondary N) is 1. The molecule has 39 heavy (non-hydrogen) atoms. The molecule has 9 heteroatoms. The highest BCUT2D eigenvalue weighted by Crippen LogP contribution is 2.39. The zero-order valence-electron chi connectivity index (χ0n) is 24.1. The molecule has 0 aliphatic heterocycles. The van der Waals surface area contributed by atoms with Crippen molar-refractivity contribution in [1.29, 1.82) is 0 Å². The third kappa shape index (κ3) is 6.24. The van der Waals surface area contributed by atoms with Gasteiger partial charge in [-0.25, -0.2) is 19.9 Å². The third-order valence-corrected chi connectivity index (χ3v) is 9.92. The summed E-state index contributed by atoms with van der Waals surface area (Å²) in [6.45, 7) is 15.4. The van der Waals surface area contributed by atoms with Crippen LogP contribution in [0.4, 0.5) is 10.3 Å². The van der Waals surface area contributed by atoms with E-state index in [0.717, 1.165) is 52.3 Å². The summed E-state index contributed by atoms with van der Waals surface area (Å²) in [6.07, 6.45) is 6.77. The van der Waals surface area contributed by atoms with Gasteiger partial charge in [0.2, 0.25) is 5.91 Å². The molecule has 208 valence electrons. The van der Waals surface area contributed by atoms with E-state index in [1.54, 1.807) is 0 Å². The maximum atomic E-state index is 11.1. The number of aryl methyl sites for hydroxylation is 2. The second-order valence-corrected chi connectivity index (χ2v) is 15.2. The lowest BCUT2D eigenvalue weighted by Gasteiger charge is -2.34. The van der Waals surface area contributed by atoms with Gasteiger partial charge in [-0.3, -0.25) is 4.79 Å². The fourth-order valence-corrected chi connectivity index (χ4v) is 7.32. The Morgan fingerprint density at radius 2 is 1.31 bits per heavy atom. The van der Waals surface area contributed by atoms with E-state index in [2.05, 4.69) is 69.0 Å². The number of anilines is 2. The van der Waals surface area contributed by atoms with Crippen LogP contribution in [0.5, 0.6) is 0 Å². The van der Waals surface area contributed by atoms with Crippen LogP contribution in [-0.2, 0) is 30.5 Å². The van der Waals surface area contributed by atoms with E-state index >= 15 is 0 Å². The second-order valence-electron chi connectivity index (χ2n) is 13.2. The Morgan fingerprint density at radius 3 is 1.79 bits per heavy atom. The molecule has 2 unspecified atom stereocenters. The first kappa shape index (κ1) is 27.9. The van der Waals surface area contributed by atoms with Gasteiger partial charge in [0, 0.05) is 18.3 Å². The van der Waals surface area contributed by atoms with Crippen molar-refractivity contribution in [3.05, 3.63) is 34.6 Å². The van der Waals surface area contributed by atoms with E-state index in [0.29, 0.717) is 27.0 Å². The molecular weight excluding hydrogens is 525 g/mol. The summed E-state index contributed by atoms with van der Waals surface area (Å²) in [7, 11) is 0. The van der Waals surface area contributed by atoms with Crippen LogP contribution >= 0.6 is 22.7 Å². The molecule has 0 spiro atoms. The Morgan fingerprint density at radius 1 is 0.821 bits per heavy atom. The minimum absolute atomic E-state index is 0.0911. The van der Waals surface area contributed by atoms with Gasteiger partial charge >= 0.3 is 0 Å². The van der Waals surface area contributed by atoms with Crippen molar-refractivity contribution in [2.45, 2.75) is 87.0 Å². The lowest BCUT2D eigenvalue weighted by molar-refractivity contribution is -0.114. The predicted molar refractivity (Wildman–Crippen MR) is 163 cm³/mol. The van der Waals surface area contributed by atoms with Crippen molar-refractivity contribution in [2.24, 2.45) is 22.7 Å². The number of fused-ring (bicyclic) bond motifs is 4. The predicted octanol–water partition coefficient (Wildman–Crippen LogP) is 7.23. The highest BCUT2D eigenvalue weighted by molar-refractivity contribution is 7.22.